The molecule has 4 nitrogen and oxygen atoms in total. The predicted molar refractivity (Wildman–Crippen MR) is 80.1 cm³/mol. The molecule has 1 unspecified atom stereocenters. The Kier molecular flexibility index (Phi) is 2.99. The molecule has 112 valence electrons. The molecular weight excluding hydrogens is 283 g/mol. The molecule has 2 N–H and O–H groups in total. The topological polar surface area (TPSA) is 58.0 Å². The van der Waals surface area contributed by atoms with Crippen molar-refractivity contribution in [3.8, 4) is 0 Å². The van der Waals surface area contributed by atoms with E-state index in [-0.39, 0.29) is 17.8 Å². The minimum absolute atomic E-state index is 0.100. The Hall–Kier alpha value is -2.56. The van der Waals surface area contributed by atoms with E-state index in [1.807, 2.05) is 0 Å². The number of hydrogen-bond donors (Lipinski definition) is 2. The molecule has 1 aliphatic carbocycles. The number of hydrogen-bond acceptors (Lipinski definition) is 2. The van der Waals surface area contributed by atoms with Crippen LogP contribution in [0.3, 0.4) is 0 Å². The van der Waals surface area contributed by atoms with Crippen molar-refractivity contribution in [2.75, 3.05) is 0 Å². The van der Waals surface area contributed by atoms with Crippen molar-refractivity contribution in [2.45, 2.75) is 25.3 Å². The van der Waals surface area contributed by atoms with Crippen LogP contribution in [-0.4, -0.2) is 10.9 Å². The number of nitrogens with one attached hydrogen (secondary N) is 2. The number of furan rings is 1. The van der Waals surface area contributed by atoms with Gasteiger partial charge in [-0.05, 0) is 55.2 Å². The Labute approximate surface area is 126 Å². The van der Waals surface area contributed by atoms with Crippen molar-refractivity contribution in [1.29, 1.82) is 0 Å². The summed E-state index contributed by atoms with van der Waals surface area (Å²) in [4.78, 5) is 15.5. The van der Waals surface area contributed by atoms with E-state index in [2.05, 4.69) is 10.3 Å². The maximum absolute atomic E-state index is 13.5. The zero-order valence-electron chi connectivity index (χ0n) is 11.9. The number of rotatable bonds is 2. The summed E-state index contributed by atoms with van der Waals surface area (Å²) >= 11 is 0. The predicted octanol–water partition coefficient (Wildman–Crippen LogP) is 3.71. The maximum Gasteiger partial charge on any atom is 0.287 e. The number of benzene rings is 1. The van der Waals surface area contributed by atoms with Gasteiger partial charge in [0.1, 0.15) is 5.82 Å². The molecule has 0 bridgehead atoms. The fourth-order valence-corrected chi connectivity index (χ4v) is 3.22. The average molecular weight is 298 g/mol. The largest absolute Gasteiger partial charge is 0.459 e. The molecule has 0 aliphatic heterocycles. The highest BCUT2D eigenvalue weighted by Crippen LogP contribution is 2.35. The Morgan fingerprint density at radius 3 is 3.09 bits per heavy atom. The third-order valence-electron chi connectivity index (χ3n) is 4.22. The van der Waals surface area contributed by atoms with Crippen molar-refractivity contribution in [3.63, 3.8) is 0 Å². The third kappa shape index (κ3) is 2.09. The molecule has 3 aromatic rings. The van der Waals surface area contributed by atoms with E-state index in [0.29, 0.717) is 5.76 Å². The van der Waals surface area contributed by atoms with Gasteiger partial charge in [0, 0.05) is 16.6 Å². The molecule has 0 fully saturated rings. The Morgan fingerprint density at radius 2 is 2.27 bits per heavy atom. The fourth-order valence-electron chi connectivity index (χ4n) is 3.22. The van der Waals surface area contributed by atoms with Crippen molar-refractivity contribution in [3.05, 3.63) is 59.4 Å². The standard InChI is InChI=1S/C17H15FN2O2/c18-10-6-7-13-12(9-10)11-3-1-4-14(16(11)19-13)20-17(21)15-5-2-8-22-15/h2,5-9,14,19H,1,3-4H2,(H,20,21). The van der Waals surface area contributed by atoms with Crippen LogP contribution in [0.2, 0.25) is 0 Å². The van der Waals surface area contributed by atoms with Crippen LogP contribution in [0, 0.1) is 5.82 Å². The minimum atomic E-state index is -0.240. The Bertz CT molecular complexity index is 836. The number of fused-ring (bicyclic) bond motifs is 3. The number of halogens is 1. The fraction of sp³-hybridized carbons (Fsp3) is 0.235. The molecule has 1 amide bonds. The van der Waals surface area contributed by atoms with Gasteiger partial charge < -0.3 is 14.7 Å². The molecule has 1 aromatic carbocycles. The zero-order valence-corrected chi connectivity index (χ0v) is 11.9. The summed E-state index contributed by atoms with van der Waals surface area (Å²) < 4.78 is 18.6. The first-order valence-electron chi connectivity index (χ1n) is 7.37. The molecule has 22 heavy (non-hydrogen) atoms. The number of aromatic amines is 1. The molecule has 1 atom stereocenters. The van der Waals surface area contributed by atoms with Gasteiger partial charge in [0.25, 0.3) is 5.91 Å². The van der Waals surface area contributed by atoms with Crippen LogP contribution < -0.4 is 5.32 Å². The normalized spacial score (nSPS) is 17.4. The van der Waals surface area contributed by atoms with Gasteiger partial charge in [0.2, 0.25) is 0 Å². The molecule has 4 rings (SSSR count). The van der Waals surface area contributed by atoms with E-state index in [4.69, 9.17) is 4.42 Å². The van der Waals surface area contributed by atoms with Crippen LogP contribution in [0.1, 0.15) is 40.7 Å². The molecule has 0 saturated carbocycles. The zero-order chi connectivity index (χ0) is 15.1. The van der Waals surface area contributed by atoms with Crippen LogP contribution in [0.5, 0.6) is 0 Å². The monoisotopic (exact) mass is 298 g/mol. The summed E-state index contributed by atoms with van der Waals surface area (Å²) in [6, 6.07) is 7.97. The first-order chi connectivity index (χ1) is 10.7. The summed E-state index contributed by atoms with van der Waals surface area (Å²) in [5.74, 6) is -0.169. The van der Waals surface area contributed by atoms with Crippen molar-refractivity contribution < 1.29 is 13.6 Å². The van der Waals surface area contributed by atoms with E-state index in [0.717, 1.165) is 41.4 Å². The lowest BCUT2D eigenvalue weighted by atomic mass is 9.91. The Morgan fingerprint density at radius 1 is 1.36 bits per heavy atom. The maximum atomic E-state index is 13.5. The van der Waals surface area contributed by atoms with Crippen molar-refractivity contribution in [2.24, 2.45) is 0 Å². The second-order valence-corrected chi connectivity index (χ2v) is 5.60. The third-order valence-corrected chi connectivity index (χ3v) is 4.22. The lowest BCUT2D eigenvalue weighted by molar-refractivity contribution is 0.0904. The molecule has 2 heterocycles. The number of carbonyl (C=O) groups is 1. The van der Waals surface area contributed by atoms with Crippen LogP contribution >= 0.6 is 0 Å². The minimum Gasteiger partial charge on any atom is -0.459 e. The van der Waals surface area contributed by atoms with Gasteiger partial charge in [-0.1, -0.05) is 0 Å². The summed E-state index contributed by atoms with van der Waals surface area (Å²) in [6.07, 6.45) is 4.19. The summed E-state index contributed by atoms with van der Waals surface area (Å²) in [5.41, 5.74) is 2.99. The van der Waals surface area contributed by atoms with E-state index >= 15 is 0 Å². The second-order valence-electron chi connectivity index (χ2n) is 5.60. The molecule has 1 aliphatic rings. The Balaban J connectivity index is 1.70. The van der Waals surface area contributed by atoms with Gasteiger partial charge in [-0.3, -0.25) is 4.79 Å². The lowest BCUT2D eigenvalue weighted by Crippen LogP contribution is -2.30. The number of aromatic nitrogens is 1. The number of aryl methyl sites for hydroxylation is 1. The van der Waals surface area contributed by atoms with Gasteiger partial charge in [0.15, 0.2) is 5.76 Å². The van der Waals surface area contributed by atoms with Crippen LogP contribution in [0.25, 0.3) is 10.9 Å². The molecule has 0 radical (unpaired) electrons. The van der Waals surface area contributed by atoms with Gasteiger partial charge >= 0.3 is 0 Å². The summed E-state index contributed by atoms with van der Waals surface area (Å²) in [5, 5.41) is 3.90. The molecule has 5 heteroatoms. The van der Waals surface area contributed by atoms with E-state index in [1.54, 1.807) is 24.3 Å². The lowest BCUT2D eigenvalue weighted by Gasteiger charge is -2.23. The highest BCUT2D eigenvalue weighted by atomic mass is 19.1. The van der Waals surface area contributed by atoms with Crippen LogP contribution in [0.4, 0.5) is 4.39 Å². The van der Waals surface area contributed by atoms with Crippen LogP contribution in [0.15, 0.2) is 41.0 Å². The van der Waals surface area contributed by atoms with E-state index < -0.39 is 0 Å². The van der Waals surface area contributed by atoms with Crippen molar-refractivity contribution >= 4 is 16.8 Å². The highest BCUT2D eigenvalue weighted by Gasteiger charge is 2.26. The number of carbonyl (C=O) groups excluding carboxylic acids is 1. The first-order valence-corrected chi connectivity index (χ1v) is 7.37. The van der Waals surface area contributed by atoms with Gasteiger partial charge in [0.05, 0.1) is 12.3 Å². The molecule has 0 spiro atoms. The summed E-state index contributed by atoms with van der Waals surface area (Å²) in [7, 11) is 0. The van der Waals surface area contributed by atoms with Crippen LogP contribution in [-0.2, 0) is 6.42 Å². The van der Waals surface area contributed by atoms with Gasteiger partial charge in [-0.25, -0.2) is 4.39 Å². The molecule has 2 aromatic heterocycles. The number of H-pyrrole nitrogens is 1. The van der Waals surface area contributed by atoms with E-state index in [9.17, 15) is 9.18 Å². The molecular formula is C17H15FN2O2. The van der Waals surface area contributed by atoms with Crippen molar-refractivity contribution in [1.82, 2.24) is 10.3 Å². The highest BCUT2D eigenvalue weighted by molar-refractivity contribution is 5.92. The van der Waals surface area contributed by atoms with Gasteiger partial charge in [-0.2, -0.15) is 0 Å². The first kappa shape index (κ1) is 13.1. The second kappa shape index (κ2) is 5.02. The van der Waals surface area contributed by atoms with Gasteiger partial charge in [-0.15, -0.1) is 0 Å². The SMILES string of the molecule is O=C(NC1CCCc2c1[nH]c1ccc(F)cc21)c1ccco1. The quantitative estimate of drug-likeness (QED) is 0.757. The number of amides is 1. The summed E-state index contributed by atoms with van der Waals surface area (Å²) in [6.45, 7) is 0. The van der Waals surface area contributed by atoms with E-state index in [1.165, 1.54) is 12.3 Å². The molecule has 0 saturated heterocycles. The average Bonchev–Trinajstić information content (AvgIpc) is 3.15. The smallest absolute Gasteiger partial charge is 0.287 e.